The molecule has 4 nitrogen and oxygen atoms in total. The SMILES string of the molecule is O=S1(=O)c2ccccc2-c2cccc(-c3ccccc3-n3c4ccccc4c4cc(-c5ccccc5-c5cc(-c6ccccc6)cc(-c6ccccc6)n5)ccc43)c21. The van der Waals surface area contributed by atoms with E-state index in [1.165, 1.54) is 0 Å². The van der Waals surface area contributed by atoms with Crippen LogP contribution in [-0.4, -0.2) is 18.0 Å². The molecule has 0 amide bonds. The van der Waals surface area contributed by atoms with E-state index >= 15 is 0 Å². The summed E-state index contributed by atoms with van der Waals surface area (Å²) < 4.78 is 30.6. The summed E-state index contributed by atoms with van der Waals surface area (Å²) in [6.45, 7) is 0. The summed E-state index contributed by atoms with van der Waals surface area (Å²) in [7, 11) is -3.73. The first kappa shape index (κ1) is 34.0. The topological polar surface area (TPSA) is 52.0 Å². The lowest BCUT2D eigenvalue weighted by Crippen LogP contribution is -2.02. The normalized spacial score (nSPS) is 12.8. The van der Waals surface area contributed by atoms with Crippen molar-refractivity contribution in [2.75, 3.05) is 0 Å². The first-order valence-corrected chi connectivity index (χ1v) is 20.9. The Balaban J connectivity index is 1.09. The van der Waals surface area contributed by atoms with Crippen molar-refractivity contribution in [3.05, 3.63) is 206 Å². The van der Waals surface area contributed by atoms with E-state index in [1.807, 2.05) is 60.7 Å². The minimum absolute atomic E-state index is 0.359. The standard InChI is InChI=1S/C53H34N2O2S/c56-58(57)52-29-14-11-24-43(52)45-26-15-25-44(53(45)58)41-22-9-12-27-49(41)55-50-28-13-10-23-42(50)46-32-37(30-31-51(46)55)39-20-7-8-21-40(39)48-34-38(35-16-3-1-4-17-35)33-47(54-48)36-18-5-2-6-19-36/h1-34H. The molecule has 0 unspecified atom stereocenters. The van der Waals surface area contributed by atoms with Gasteiger partial charge in [0.2, 0.25) is 9.84 Å². The zero-order valence-corrected chi connectivity index (χ0v) is 32.1. The number of fused-ring (bicyclic) bond motifs is 6. The van der Waals surface area contributed by atoms with Crippen LogP contribution in [0.25, 0.3) is 94.5 Å². The number of sulfone groups is 1. The molecule has 0 spiro atoms. The Morgan fingerprint density at radius 3 is 1.72 bits per heavy atom. The molecule has 1 aliphatic rings. The quantitative estimate of drug-likeness (QED) is 0.169. The third kappa shape index (κ3) is 5.36. The molecule has 11 rings (SSSR count). The Morgan fingerprint density at radius 1 is 0.362 bits per heavy atom. The Morgan fingerprint density at radius 2 is 0.931 bits per heavy atom. The fourth-order valence-corrected chi connectivity index (χ4v) is 10.6. The molecule has 0 fully saturated rings. The van der Waals surface area contributed by atoms with E-state index in [1.54, 1.807) is 12.1 Å². The molecule has 0 saturated carbocycles. The van der Waals surface area contributed by atoms with Crippen LogP contribution in [0.3, 0.4) is 0 Å². The van der Waals surface area contributed by atoms with Gasteiger partial charge in [0.1, 0.15) is 0 Å². The van der Waals surface area contributed by atoms with Crippen LogP contribution in [0.4, 0.5) is 0 Å². The molecular formula is C53H34N2O2S. The van der Waals surface area contributed by atoms with Crippen LogP contribution < -0.4 is 0 Å². The van der Waals surface area contributed by atoms with E-state index in [9.17, 15) is 8.42 Å². The molecule has 0 saturated heterocycles. The number of hydrogen-bond acceptors (Lipinski definition) is 3. The maximum absolute atomic E-state index is 14.2. The molecular weight excluding hydrogens is 729 g/mol. The molecule has 0 N–H and O–H groups in total. The van der Waals surface area contributed by atoms with Crippen LogP contribution in [-0.2, 0) is 9.84 Å². The van der Waals surface area contributed by atoms with Gasteiger partial charge >= 0.3 is 0 Å². The molecule has 0 bridgehead atoms. The van der Waals surface area contributed by atoms with Crippen molar-refractivity contribution in [3.8, 4) is 72.7 Å². The average molecular weight is 763 g/mol. The van der Waals surface area contributed by atoms with Crippen molar-refractivity contribution >= 4 is 31.6 Å². The molecule has 10 aromatic rings. The van der Waals surface area contributed by atoms with Crippen molar-refractivity contribution in [2.24, 2.45) is 0 Å². The number of pyridine rings is 1. The molecule has 1 aliphatic heterocycles. The van der Waals surface area contributed by atoms with Crippen LogP contribution >= 0.6 is 0 Å². The highest BCUT2D eigenvalue weighted by Crippen LogP contribution is 2.49. The molecule has 274 valence electrons. The van der Waals surface area contributed by atoms with Gasteiger partial charge in [-0.1, -0.05) is 164 Å². The zero-order valence-electron chi connectivity index (χ0n) is 31.2. The average Bonchev–Trinajstić information content (AvgIpc) is 3.74. The van der Waals surface area contributed by atoms with E-state index in [0.29, 0.717) is 15.4 Å². The highest BCUT2D eigenvalue weighted by atomic mass is 32.2. The largest absolute Gasteiger partial charge is 0.309 e. The van der Waals surface area contributed by atoms with Gasteiger partial charge in [-0.05, 0) is 64.7 Å². The minimum Gasteiger partial charge on any atom is -0.309 e. The molecule has 58 heavy (non-hydrogen) atoms. The molecule has 8 aromatic carbocycles. The highest BCUT2D eigenvalue weighted by molar-refractivity contribution is 7.92. The lowest BCUT2D eigenvalue weighted by atomic mass is 9.94. The fraction of sp³-hybridized carbons (Fsp3) is 0. The number of rotatable bonds is 6. The van der Waals surface area contributed by atoms with Gasteiger partial charge in [-0.3, -0.25) is 0 Å². The van der Waals surface area contributed by atoms with Crippen molar-refractivity contribution in [1.82, 2.24) is 9.55 Å². The summed E-state index contributed by atoms with van der Waals surface area (Å²) >= 11 is 0. The summed E-state index contributed by atoms with van der Waals surface area (Å²) in [4.78, 5) is 6.00. The summed E-state index contributed by atoms with van der Waals surface area (Å²) in [6.07, 6.45) is 0. The van der Waals surface area contributed by atoms with Gasteiger partial charge < -0.3 is 4.57 Å². The van der Waals surface area contributed by atoms with Crippen LogP contribution in [0.1, 0.15) is 0 Å². The van der Waals surface area contributed by atoms with Crippen LogP contribution in [0.5, 0.6) is 0 Å². The number of nitrogens with zero attached hydrogens (tertiary/aromatic N) is 2. The Bertz CT molecular complexity index is 3290. The van der Waals surface area contributed by atoms with E-state index < -0.39 is 9.84 Å². The van der Waals surface area contributed by atoms with Crippen LogP contribution in [0.15, 0.2) is 216 Å². The van der Waals surface area contributed by atoms with E-state index in [-0.39, 0.29) is 0 Å². The molecule has 0 radical (unpaired) electrons. The third-order valence-electron chi connectivity index (χ3n) is 11.4. The second kappa shape index (κ2) is 13.4. The summed E-state index contributed by atoms with van der Waals surface area (Å²) in [5, 5.41) is 2.22. The predicted molar refractivity (Wildman–Crippen MR) is 237 cm³/mol. The van der Waals surface area contributed by atoms with Gasteiger partial charge in [0, 0.05) is 44.2 Å². The fourth-order valence-electron chi connectivity index (χ4n) is 8.76. The third-order valence-corrected chi connectivity index (χ3v) is 13.3. The zero-order chi connectivity index (χ0) is 38.8. The van der Waals surface area contributed by atoms with Gasteiger partial charge in [0.15, 0.2) is 0 Å². The molecule has 0 aliphatic carbocycles. The van der Waals surface area contributed by atoms with Gasteiger partial charge in [0.05, 0.1) is 37.9 Å². The van der Waals surface area contributed by atoms with Crippen LogP contribution in [0, 0.1) is 0 Å². The molecule has 0 atom stereocenters. The maximum atomic E-state index is 14.2. The Kier molecular flexibility index (Phi) is 7.85. The van der Waals surface area contributed by atoms with E-state index in [0.717, 1.165) is 89.0 Å². The first-order chi connectivity index (χ1) is 28.5. The van der Waals surface area contributed by atoms with Crippen molar-refractivity contribution < 1.29 is 8.42 Å². The van der Waals surface area contributed by atoms with Gasteiger partial charge in [-0.15, -0.1) is 0 Å². The van der Waals surface area contributed by atoms with Gasteiger partial charge in [-0.2, -0.15) is 0 Å². The summed E-state index contributed by atoms with van der Waals surface area (Å²) in [5.41, 5.74) is 14.4. The maximum Gasteiger partial charge on any atom is 0.208 e. The second-order valence-corrected chi connectivity index (χ2v) is 16.5. The van der Waals surface area contributed by atoms with Crippen molar-refractivity contribution in [2.45, 2.75) is 9.79 Å². The molecule has 2 aromatic heterocycles. The summed E-state index contributed by atoms with van der Waals surface area (Å²) in [6, 6.07) is 70.1. The molecule has 3 heterocycles. The monoisotopic (exact) mass is 762 g/mol. The van der Waals surface area contributed by atoms with E-state index in [2.05, 4.69) is 138 Å². The van der Waals surface area contributed by atoms with E-state index in [4.69, 9.17) is 4.98 Å². The number of hydrogen-bond donors (Lipinski definition) is 0. The smallest absolute Gasteiger partial charge is 0.208 e. The van der Waals surface area contributed by atoms with Crippen molar-refractivity contribution in [1.29, 1.82) is 0 Å². The predicted octanol–water partition coefficient (Wildman–Crippen LogP) is 13.3. The Hall–Kier alpha value is -7.34. The Labute approximate surface area is 336 Å². The number of para-hydroxylation sites is 2. The molecule has 5 heteroatoms. The lowest BCUT2D eigenvalue weighted by Gasteiger charge is -2.16. The summed E-state index contributed by atoms with van der Waals surface area (Å²) in [5.74, 6) is 0. The minimum atomic E-state index is -3.73. The highest BCUT2D eigenvalue weighted by Gasteiger charge is 2.35. The second-order valence-electron chi connectivity index (χ2n) is 14.7. The van der Waals surface area contributed by atoms with Crippen LogP contribution in [0.2, 0.25) is 0 Å². The van der Waals surface area contributed by atoms with Gasteiger partial charge in [-0.25, -0.2) is 13.4 Å². The lowest BCUT2D eigenvalue weighted by molar-refractivity contribution is 0.599. The van der Waals surface area contributed by atoms with Gasteiger partial charge in [0.25, 0.3) is 0 Å². The number of aromatic nitrogens is 2. The number of benzene rings is 8. The van der Waals surface area contributed by atoms with Crippen molar-refractivity contribution in [3.63, 3.8) is 0 Å². The first-order valence-electron chi connectivity index (χ1n) is 19.4.